The zero-order chi connectivity index (χ0) is 9.84. The van der Waals surface area contributed by atoms with Gasteiger partial charge in [0.2, 0.25) is 0 Å². The molecule has 0 N–H and O–H groups in total. The second-order valence-electron chi connectivity index (χ2n) is 3.42. The molecule has 0 saturated carbocycles. The van der Waals surface area contributed by atoms with Crippen molar-refractivity contribution < 1.29 is 0 Å². The van der Waals surface area contributed by atoms with Crippen molar-refractivity contribution in [1.82, 2.24) is 4.57 Å². The van der Waals surface area contributed by atoms with Crippen LogP contribution in [0, 0.1) is 25.2 Å². The summed E-state index contributed by atoms with van der Waals surface area (Å²) >= 11 is 0. The monoisotopic (exact) mass is 176 g/mol. The van der Waals surface area contributed by atoms with Gasteiger partial charge >= 0.3 is 0 Å². The van der Waals surface area contributed by atoms with Crippen molar-refractivity contribution in [3.63, 3.8) is 0 Å². The van der Waals surface area contributed by atoms with E-state index in [1.54, 1.807) is 0 Å². The van der Waals surface area contributed by atoms with E-state index in [-0.39, 0.29) is 6.04 Å². The molecule has 2 nitrogen and oxygen atoms in total. The van der Waals surface area contributed by atoms with Gasteiger partial charge in [-0.2, -0.15) is 5.26 Å². The first-order valence-electron chi connectivity index (χ1n) is 4.74. The van der Waals surface area contributed by atoms with E-state index in [4.69, 9.17) is 5.26 Å². The summed E-state index contributed by atoms with van der Waals surface area (Å²) in [6.45, 7) is 6.21. The fourth-order valence-electron chi connectivity index (χ4n) is 1.70. The Kier molecular flexibility index (Phi) is 3.13. The Morgan fingerprint density at radius 3 is 2.31 bits per heavy atom. The molecular formula is C11H16N2. The van der Waals surface area contributed by atoms with Crippen LogP contribution in [0.15, 0.2) is 12.1 Å². The SMILES string of the molecule is CCCC(C#N)n1c(C)ccc1C. The van der Waals surface area contributed by atoms with Gasteiger partial charge in [-0.25, -0.2) is 0 Å². The van der Waals surface area contributed by atoms with Crippen LogP contribution in [0.2, 0.25) is 0 Å². The lowest BCUT2D eigenvalue weighted by atomic mass is 10.2. The molecule has 0 aliphatic heterocycles. The molecule has 0 aromatic carbocycles. The van der Waals surface area contributed by atoms with Gasteiger partial charge in [0.25, 0.3) is 0 Å². The number of nitriles is 1. The number of aryl methyl sites for hydroxylation is 2. The van der Waals surface area contributed by atoms with E-state index in [0.717, 1.165) is 12.8 Å². The standard InChI is InChI=1S/C11H16N2/c1-4-5-11(8-12)13-9(2)6-7-10(13)3/h6-7,11H,4-5H2,1-3H3. The van der Waals surface area contributed by atoms with Crippen molar-refractivity contribution in [3.8, 4) is 6.07 Å². The van der Waals surface area contributed by atoms with Crippen LogP contribution in [0.1, 0.15) is 37.2 Å². The van der Waals surface area contributed by atoms with Crippen LogP contribution in [0.3, 0.4) is 0 Å². The lowest BCUT2D eigenvalue weighted by Crippen LogP contribution is -2.09. The van der Waals surface area contributed by atoms with Crippen molar-refractivity contribution in [2.45, 2.75) is 39.7 Å². The minimum absolute atomic E-state index is 0.0139. The number of aromatic nitrogens is 1. The molecule has 1 heterocycles. The Labute approximate surface area is 79.8 Å². The summed E-state index contributed by atoms with van der Waals surface area (Å²) < 4.78 is 2.11. The van der Waals surface area contributed by atoms with E-state index >= 15 is 0 Å². The molecule has 70 valence electrons. The van der Waals surface area contributed by atoms with Crippen molar-refractivity contribution in [3.05, 3.63) is 23.5 Å². The third-order valence-electron chi connectivity index (χ3n) is 2.35. The first-order valence-corrected chi connectivity index (χ1v) is 4.74. The van der Waals surface area contributed by atoms with E-state index < -0.39 is 0 Å². The highest BCUT2D eigenvalue weighted by Gasteiger charge is 2.11. The molecule has 0 aliphatic rings. The van der Waals surface area contributed by atoms with Gasteiger partial charge in [-0.05, 0) is 32.4 Å². The van der Waals surface area contributed by atoms with Crippen molar-refractivity contribution in [1.29, 1.82) is 5.26 Å². The molecule has 1 unspecified atom stereocenters. The highest BCUT2D eigenvalue weighted by molar-refractivity contribution is 5.17. The number of rotatable bonds is 3. The molecule has 1 atom stereocenters. The molecule has 0 spiro atoms. The molecule has 0 saturated heterocycles. The van der Waals surface area contributed by atoms with E-state index in [2.05, 4.69) is 29.7 Å². The third kappa shape index (κ3) is 1.92. The number of hydrogen-bond donors (Lipinski definition) is 0. The van der Waals surface area contributed by atoms with Gasteiger partial charge in [0.15, 0.2) is 0 Å². The summed E-state index contributed by atoms with van der Waals surface area (Å²) in [6, 6.07) is 6.49. The molecular weight excluding hydrogens is 160 g/mol. The fraction of sp³-hybridized carbons (Fsp3) is 0.545. The van der Waals surface area contributed by atoms with E-state index in [9.17, 15) is 0 Å². The summed E-state index contributed by atoms with van der Waals surface area (Å²) in [4.78, 5) is 0. The molecule has 0 fully saturated rings. The normalized spacial score (nSPS) is 12.5. The summed E-state index contributed by atoms with van der Waals surface area (Å²) in [6.07, 6.45) is 1.99. The average molecular weight is 176 g/mol. The summed E-state index contributed by atoms with van der Waals surface area (Å²) in [5.74, 6) is 0. The third-order valence-corrected chi connectivity index (χ3v) is 2.35. The zero-order valence-corrected chi connectivity index (χ0v) is 8.54. The van der Waals surface area contributed by atoms with Gasteiger partial charge < -0.3 is 4.57 Å². The second-order valence-corrected chi connectivity index (χ2v) is 3.42. The minimum atomic E-state index is 0.0139. The topological polar surface area (TPSA) is 28.7 Å². The first kappa shape index (κ1) is 9.85. The fourth-order valence-corrected chi connectivity index (χ4v) is 1.70. The maximum atomic E-state index is 9.01. The summed E-state index contributed by atoms with van der Waals surface area (Å²) in [7, 11) is 0. The average Bonchev–Trinajstić information content (AvgIpc) is 2.43. The molecule has 2 heteroatoms. The number of nitrogens with zero attached hydrogens (tertiary/aromatic N) is 2. The molecule has 13 heavy (non-hydrogen) atoms. The molecule has 0 aliphatic carbocycles. The molecule has 0 radical (unpaired) electrons. The maximum Gasteiger partial charge on any atom is 0.120 e. The lowest BCUT2D eigenvalue weighted by Gasteiger charge is -2.14. The molecule has 1 aromatic heterocycles. The second kappa shape index (κ2) is 4.13. The van der Waals surface area contributed by atoms with Crippen LogP contribution in [0.4, 0.5) is 0 Å². The molecule has 0 amide bonds. The van der Waals surface area contributed by atoms with Gasteiger partial charge in [0, 0.05) is 11.4 Å². The van der Waals surface area contributed by atoms with Crippen LogP contribution in [-0.4, -0.2) is 4.57 Å². The largest absolute Gasteiger partial charge is 0.333 e. The minimum Gasteiger partial charge on any atom is -0.333 e. The van der Waals surface area contributed by atoms with Crippen LogP contribution in [0.25, 0.3) is 0 Å². The van der Waals surface area contributed by atoms with Crippen molar-refractivity contribution >= 4 is 0 Å². The molecule has 0 bridgehead atoms. The predicted octanol–water partition coefficient (Wildman–Crippen LogP) is 2.97. The highest BCUT2D eigenvalue weighted by Crippen LogP contribution is 2.19. The quantitative estimate of drug-likeness (QED) is 0.696. The van der Waals surface area contributed by atoms with Gasteiger partial charge in [-0.3, -0.25) is 0 Å². The zero-order valence-electron chi connectivity index (χ0n) is 8.54. The Bertz CT molecular complexity index is 298. The van der Waals surface area contributed by atoms with E-state index in [1.807, 2.05) is 13.8 Å². The van der Waals surface area contributed by atoms with E-state index in [1.165, 1.54) is 11.4 Å². The Morgan fingerprint density at radius 1 is 1.38 bits per heavy atom. The van der Waals surface area contributed by atoms with Gasteiger partial charge in [0.05, 0.1) is 6.07 Å². The van der Waals surface area contributed by atoms with Crippen LogP contribution in [-0.2, 0) is 0 Å². The maximum absolute atomic E-state index is 9.01. The predicted molar refractivity (Wildman–Crippen MR) is 53.5 cm³/mol. The Morgan fingerprint density at radius 2 is 1.92 bits per heavy atom. The van der Waals surface area contributed by atoms with Gasteiger partial charge in [0.1, 0.15) is 6.04 Å². The van der Waals surface area contributed by atoms with Crippen LogP contribution >= 0.6 is 0 Å². The van der Waals surface area contributed by atoms with Crippen molar-refractivity contribution in [2.24, 2.45) is 0 Å². The van der Waals surface area contributed by atoms with Gasteiger partial charge in [-0.1, -0.05) is 13.3 Å². The molecule has 1 rings (SSSR count). The summed E-state index contributed by atoms with van der Waals surface area (Å²) in [5.41, 5.74) is 2.36. The Hall–Kier alpha value is -1.23. The van der Waals surface area contributed by atoms with Gasteiger partial charge in [-0.15, -0.1) is 0 Å². The first-order chi connectivity index (χ1) is 6.20. The smallest absolute Gasteiger partial charge is 0.120 e. The van der Waals surface area contributed by atoms with E-state index in [0.29, 0.717) is 0 Å². The number of hydrogen-bond acceptors (Lipinski definition) is 1. The highest BCUT2D eigenvalue weighted by atomic mass is 15.0. The Balaban J connectivity index is 2.98. The van der Waals surface area contributed by atoms with Crippen LogP contribution < -0.4 is 0 Å². The lowest BCUT2D eigenvalue weighted by molar-refractivity contribution is 0.541. The summed E-state index contributed by atoms with van der Waals surface area (Å²) in [5, 5.41) is 9.01. The van der Waals surface area contributed by atoms with Crippen LogP contribution in [0.5, 0.6) is 0 Å². The van der Waals surface area contributed by atoms with Crippen molar-refractivity contribution in [2.75, 3.05) is 0 Å². The molecule has 1 aromatic rings.